The van der Waals surface area contributed by atoms with Crippen molar-refractivity contribution in [3.63, 3.8) is 0 Å². The van der Waals surface area contributed by atoms with Crippen molar-refractivity contribution in [2.45, 2.75) is 13.0 Å². The molecule has 0 aliphatic carbocycles. The van der Waals surface area contributed by atoms with Crippen LogP contribution in [-0.2, 0) is 4.74 Å². The van der Waals surface area contributed by atoms with Crippen LogP contribution in [0, 0.1) is 11.8 Å². The topological polar surface area (TPSA) is 9.23 Å². The van der Waals surface area contributed by atoms with E-state index in [1.54, 1.807) is 7.11 Å². The first kappa shape index (κ1) is 8.83. The van der Waals surface area contributed by atoms with Crippen molar-refractivity contribution < 1.29 is 4.74 Å². The highest BCUT2D eigenvalue weighted by Gasteiger charge is 2.03. The van der Waals surface area contributed by atoms with Crippen LogP contribution < -0.4 is 0 Å². The van der Waals surface area contributed by atoms with Gasteiger partial charge in [0, 0.05) is 7.11 Å². The Bertz CT molecular complexity index is 279. The lowest BCUT2D eigenvalue weighted by Gasteiger charge is -2.07. The quantitative estimate of drug-likeness (QED) is 0.603. The molecule has 1 nitrogen and oxygen atoms in total. The zero-order valence-corrected chi connectivity index (χ0v) is 7.37. The Morgan fingerprint density at radius 3 is 2.42 bits per heavy atom. The third-order valence-electron chi connectivity index (χ3n) is 1.61. The lowest BCUT2D eigenvalue weighted by Crippen LogP contribution is -1.97. The summed E-state index contributed by atoms with van der Waals surface area (Å²) >= 11 is 0. The van der Waals surface area contributed by atoms with Gasteiger partial charge in [0.15, 0.2) is 0 Å². The first-order valence-electron chi connectivity index (χ1n) is 3.88. The van der Waals surface area contributed by atoms with Crippen molar-refractivity contribution in [2.24, 2.45) is 0 Å². The van der Waals surface area contributed by atoms with Crippen LogP contribution in [0.4, 0.5) is 0 Å². The van der Waals surface area contributed by atoms with Crippen molar-refractivity contribution in [3.05, 3.63) is 35.9 Å². The fourth-order valence-electron chi connectivity index (χ4n) is 1.04. The molecule has 12 heavy (non-hydrogen) atoms. The van der Waals surface area contributed by atoms with Crippen LogP contribution >= 0.6 is 0 Å². The highest BCUT2D eigenvalue weighted by Crippen LogP contribution is 2.14. The van der Waals surface area contributed by atoms with Crippen LogP contribution in [0.3, 0.4) is 0 Å². The highest BCUT2D eigenvalue weighted by atomic mass is 16.5. The molecule has 0 fully saturated rings. The smallest absolute Gasteiger partial charge is 0.143 e. The zero-order chi connectivity index (χ0) is 8.81. The molecule has 0 heterocycles. The second kappa shape index (κ2) is 4.58. The summed E-state index contributed by atoms with van der Waals surface area (Å²) in [5, 5.41) is 0. The molecule has 0 saturated heterocycles. The lowest BCUT2D eigenvalue weighted by molar-refractivity contribution is 0.150. The monoisotopic (exact) mass is 160 g/mol. The minimum Gasteiger partial charge on any atom is -0.364 e. The third kappa shape index (κ3) is 2.11. The molecule has 0 aliphatic rings. The van der Waals surface area contributed by atoms with Gasteiger partial charge in [0.05, 0.1) is 0 Å². The van der Waals surface area contributed by atoms with E-state index in [4.69, 9.17) is 4.74 Å². The van der Waals surface area contributed by atoms with Crippen LogP contribution in [0.5, 0.6) is 0 Å². The van der Waals surface area contributed by atoms with E-state index < -0.39 is 0 Å². The van der Waals surface area contributed by atoms with Gasteiger partial charge in [0.2, 0.25) is 0 Å². The second-order valence-corrected chi connectivity index (χ2v) is 2.42. The summed E-state index contributed by atoms with van der Waals surface area (Å²) in [4.78, 5) is 0. The normalized spacial score (nSPS) is 11.5. The van der Waals surface area contributed by atoms with Gasteiger partial charge in [-0.3, -0.25) is 0 Å². The SMILES string of the molecule is CC#CC(OC)c1ccccc1. The predicted molar refractivity (Wildman–Crippen MR) is 49.6 cm³/mol. The summed E-state index contributed by atoms with van der Waals surface area (Å²) in [5.41, 5.74) is 1.11. The van der Waals surface area contributed by atoms with Gasteiger partial charge in [0.25, 0.3) is 0 Å². The van der Waals surface area contributed by atoms with Crippen molar-refractivity contribution in [3.8, 4) is 11.8 Å². The molecule has 0 bridgehead atoms. The largest absolute Gasteiger partial charge is 0.364 e. The zero-order valence-electron chi connectivity index (χ0n) is 7.37. The van der Waals surface area contributed by atoms with E-state index in [0.29, 0.717) is 0 Å². The molecule has 0 aliphatic heterocycles. The van der Waals surface area contributed by atoms with E-state index in [2.05, 4.69) is 11.8 Å². The van der Waals surface area contributed by atoms with E-state index in [1.165, 1.54) is 0 Å². The summed E-state index contributed by atoms with van der Waals surface area (Å²) in [7, 11) is 1.67. The number of rotatable bonds is 2. The molecule has 1 rings (SSSR count). The number of hydrogen-bond donors (Lipinski definition) is 0. The average molecular weight is 160 g/mol. The molecule has 1 aromatic carbocycles. The highest BCUT2D eigenvalue weighted by molar-refractivity contribution is 5.24. The Labute approximate surface area is 73.4 Å². The lowest BCUT2D eigenvalue weighted by atomic mass is 10.1. The Balaban J connectivity index is 2.85. The molecule has 1 aromatic rings. The minimum atomic E-state index is -0.0869. The Morgan fingerprint density at radius 2 is 1.92 bits per heavy atom. The van der Waals surface area contributed by atoms with Crippen LogP contribution in [0.15, 0.2) is 30.3 Å². The molecular formula is C11H12O. The number of hydrogen-bond acceptors (Lipinski definition) is 1. The Kier molecular flexibility index (Phi) is 3.37. The molecule has 0 aromatic heterocycles. The average Bonchev–Trinajstić information content (AvgIpc) is 2.15. The summed E-state index contributed by atoms with van der Waals surface area (Å²) in [6, 6.07) is 9.98. The fraction of sp³-hybridized carbons (Fsp3) is 0.273. The van der Waals surface area contributed by atoms with Crippen molar-refractivity contribution in [1.29, 1.82) is 0 Å². The second-order valence-electron chi connectivity index (χ2n) is 2.42. The summed E-state index contributed by atoms with van der Waals surface area (Å²) in [6.45, 7) is 1.81. The van der Waals surface area contributed by atoms with Gasteiger partial charge in [-0.05, 0) is 12.5 Å². The molecule has 1 unspecified atom stereocenters. The molecule has 0 spiro atoms. The van der Waals surface area contributed by atoms with Crippen molar-refractivity contribution in [1.82, 2.24) is 0 Å². The fourth-order valence-corrected chi connectivity index (χ4v) is 1.04. The summed E-state index contributed by atoms with van der Waals surface area (Å²) in [6.07, 6.45) is -0.0869. The van der Waals surface area contributed by atoms with Gasteiger partial charge < -0.3 is 4.74 Å². The van der Waals surface area contributed by atoms with E-state index in [-0.39, 0.29) is 6.10 Å². The number of ether oxygens (including phenoxy) is 1. The molecule has 0 radical (unpaired) electrons. The van der Waals surface area contributed by atoms with Gasteiger partial charge in [0.1, 0.15) is 6.10 Å². The van der Waals surface area contributed by atoms with E-state index >= 15 is 0 Å². The van der Waals surface area contributed by atoms with E-state index in [0.717, 1.165) is 5.56 Å². The third-order valence-corrected chi connectivity index (χ3v) is 1.61. The summed E-state index contributed by atoms with van der Waals surface area (Å²) < 4.78 is 5.20. The Hall–Kier alpha value is -1.26. The van der Waals surface area contributed by atoms with Gasteiger partial charge in [-0.2, -0.15) is 0 Å². The van der Waals surface area contributed by atoms with Gasteiger partial charge in [-0.15, -0.1) is 5.92 Å². The molecular weight excluding hydrogens is 148 g/mol. The first-order chi connectivity index (χ1) is 5.88. The maximum absolute atomic E-state index is 5.20. The number of methoxy groups -OCH3 is 1. The van der Waals surface area contributed by atoms with Crippen LogP contribution in [-0.4, -0.2) is 7.11 Å². The Morgan fingerprint density at radius 1 is 1.25 bits per heavy atom. The molecule has 1 atom stereocenters. The minimum absolute atomic E-state index is 0.0869. The predicted octanol–water partition coefficient (Wildman–Crippen LogP) is 2.40. The maximum Gasteiger partial charge on any atom is 0.143 e. The molecule has 62 valence electrons. The number of benzene rings is 1. The molecule has 1 heteroatoms. The standard InChI is InChI=1S/C11H12O/c1-3-7-11(12-2)10-8-5-4-6-9-10/h4-6,8-9,11H,1-2H3. The molecule has 0 N–H and O–H groups in total. The first-order valence-corrected chi connectivity index (χ1v) is 3.88. The van der Waals surface area contributed by atoms with Crippen LogP contribution in [0.25, 0.3) is 0 Å². The van der Waals surface area contributed by atoms with Crippen LogP contribution in [0.2, 0.25) is 0 Å². The maximum atomic E-state index is 5.20. The summed E-state index contributed by atoms with van der Waals surface area (Å²) in [5.74, 6) is 5.82. The van der Waals surface area contributed by atoms with Gasteiger partial charge in [-0.25, -0.2) is 0 Å². The van der Waals surface area contributed by atoms with E-state index in [9.17, 15) is 0 Å². The molecule has 0 amide bonds. The van der Waals surface area contributed by atoms with Crippen molar-refractivity contribution >= 4 is 0 Å². The molecule has 0 saturated carbocycles. The van der Waals surface area contributed by atoms with Crippen LogP contribution in [0.1, 0.15) is 18.6 Å². The van der Waals surface area contributed by atoms with Gasteiger partial charge in [-0.1, -0.05) is 36.3 Å². The van der Waals surface area contributed by atoms with E-state index in [1.807, 2.05) is 37.3 Å². The van der Waals surface area contributed by atoms with Crippen molar-refractivity contribution in [2.75, 3.05) is 7.11 Å². The van der Waals surface area contributed by atoms with Gasteiger partial charge >= 0.3 is 0 Å².